The summed E-state index contributed by atoms with van der Waals surface area (Å²) >= 11 is 0. The summed E-state index contributed by atoms with van der Waals surface area (Å²) in [5.41, 5.74) is 11.9. The molecule has 0 aliphatic carbocycles. The van der Waals surface area contributed by atoms with Gasteiger partial charge in [-0.3, -0.25) is 0 Å². The molecule has 134 valence electrons. The topological polar surface area (TPSA) is 89.2 Å². The minimum atomic E-state index is -4.73. The van der Waals surface area contributed by atoms with Crippen LogP contribution >= 0.6 is 12.4 Å². The lowest BCUT2D eigenvalue weighted by Gasteiger charge is -2.21. The molecule has 0 bridgehead atoms. The molecule has 1 aromatic carbocycles. The summed E-state index contributed by atoms with van der Waals surface area (Å²) < 4.78 is 40.0. The van der Waals surface area contributed by atoms with Gasteiger partial charge >= 0.3 is 6.36 Å². The lowest BCUT2D eigenvalue weighted by Crippen LogP contribution is -2.40. The van der Waals surface area contributed by atoms with E-state index in [0.29, 0.717) is 11.7 Å². The second-order valence-corrected chi connectivity index (χ2v) is 5.17. The maximum Gasteiger partial charge on any atom is 0.573 e. The summed E-state index contributed by atoms with van der Waals surface area (Å²) in [5.74, 6) is -0.108. The molecule has 1 saturated heterocycles. The van der Waals surface area contributed by atoms with Crippen molar-refractivity contribution in [3.05, 3.63) is 24.3 Å². The maximum atomic E-state index is 12.1. The number of hydrogen-bond acceptors (Lipinski definition) is 2. The second-order valence-electron chi connectivity index (χ2n) is 5.17. The van der Waals surface area contributed by atoms with E-state index in [4.69, 9.17) is 11.5 Å². The van der Waals surface area contributed by atoms with E-state index in [0.717, 1.165) is 31.5 Å². The minimum Gasteiger partial charge on any atom is -0.406 e. The van der Waals surface area contributed by atoms with Gasteiger partial charge in [0.25, 0.3) is 0 Å². The van der Waals surface area contributed by atoms with Crippen LogP contribution in [-0.2, 0) is 0 Å². The van der Waals surface area contributed by atoms with Gasteiger partial charge in [-0.05, 0) is 44.0 Å². The van der Waals surface area contributed by atoms with E-state index in [9.17, 15) is 13.2 Å². The molecule has 0 unspecified atom stereocenters. The first-order chi connectivity index (χ1) is 10.7. The molecule has 1 atom stereocenters. The largest absolute Gasteiger partial charge is 0.573 e. The van der Waals surface area contributed by atoms with Gasteiger partial charge in [-0.25, -0.2) is 4.99 Å². The molecule has 1 aromatic rings. The maximum absolute atomic E-state index is 12.1. The lowest BCUT2D eigenvalue weighted by molar-refractivity contribution is -0.274. The van der Waals surface area contributed by atoms with Gasteiger partial charge in [0.2, 0.25) is 5.96 Å². The van der Waals surface area contributed by atoms with Crippen LogP contribution in [0.5, 0.6) is 5.75 Å². The van der Waals surface area contributed by atoms with E-state index in [1.54, 1.807) is 0 Å². The van der Waals surface area contributed by atoms with Crippen molar-refractivity contribution >= 4 is 30.0 Å². The summed E-state index contributed by atoms with van der Waals surface area (Å²) in [6.07, 6.45) is -2.65. The summed E-state index contributed by atoms with van der Waals surface area (Å²) in [5, 5.41) is 0. The third kappa shape index (κ3) is 5.80. The molecule has 10 heteroatoms. The molecule has 0 saturated carbocycles. The van der Waals surface area contributed by atoms with Crippen molar-refractivity contribution in [3.63, 3.8) is 0 Å². The number of benzene rings is 1. The lowest BCUT2D eigenvalue weighted by atomic mass is 10.2. The molecule has 0 amide bonds. The van der Waals surface area contributed by atoms with E-state index in [1.165, 1.54) is 12.1 Å². The van der Waals surface area contributed by atoms with Gasteiger partial charge in [-0.15, -0.1) is 25.6 Å². The monoisotopic (exact) mass is 365 g/mol. The van der Waals surface area contributed by atoms with Gasteiger partial charge in [0, 0.05) is 12.6 Å². The fourth-order valence-electron chi connectivity index (χ4n) is 2.33. The number of likely N-dealkylation sites (tertiary alicyclic amines) is 1. The zero-order valence-corrected chi connectivity index (χ0v) is 13.8. The van der Waals surface area contributed by atoms with Crippen LogP contribution in [0.15, 0.2) is 34.3 Å². The van der Waals surface area contributed by atoms with Gasteiger partial charge in [0.1, 0.15) is 5.75 Å². The predicted molar refractivity (Wildman–Crippen MR) is 88.7 cm³/mol. The molecule has 2 rings (SSSR count). The first kappa shape index (κ1) is 19.9. The Morgan fingerprint density at radius 2 is 1.88 bits per heavy atom. The van der Waals surface area contributed by atoms with Gasteiger partial charge in [-0.1, -0.05) is 0 Å². The number of nitrogens with zero attached hydrogens (tertiary/aromatic N) is 3. The van der Waals surface area contributed by atoms with Crippen LogP contribution in [0.4, 0.5) is 18.9 Å². The van der Waals surface area contributed by atoms with Crippen molar-refractivity contribution in [2.45, 2.75) is 32.2 Å². The van der Waals surface area contributed by atoms with Gasteiger partial charge in [0.15, 0.2) is 5.96 Å². The van der Waals surface area contributed by atoms with Crippen molar-refractivity contribution in [2.24, 2.45) is 21.5 Å². The normalized spacial score (nSPS) is 19.2. The van der Waals surface area contributed by atoms with E-state index >= 15 is 0 Å². The number of ether oxygens (including phenoxy) is 1. The molecule has 24 heavy (non-hydrogen) atoms. The number of aliphatic imine (C=N–C) groups is 2. The zero-order chi connectivity index (χ0) is 17.0. The Labute approximate surface area is 143 Å². The van der Waals surface area contributed by atoms with Gasteiger partial charge in [-0.2, -0.15) is 4.99 Å². The molecule has 0 spiro atoms. The summed E-state index contributed by atoms with van der Waals surface area (Å²) in [4.78, 5) is 9.95. The van der Waals surface area contributed by atoms with Gasteiger partial charge in [0.05, 0.1) is 5.69 Å². The summed E-state index contributed by atoms with van der Waals surface area (Å²) in [6.45, 7) is 2.86. The smallest absolute Gasteiger partial charge is 0.406 e. The fourth-order valence-corrected chi connectivity index (χ4v) is 2.33. The molecule has 1 aliphatic rings. The number of guanidine groups is 2. The average Bonchev–Trinajstić information content (AvgIpc) is 2.85. The first-order valence-electron chi connectivity index (χ1n) is 7.05. The number of hydrogen-bond donors (Lipinski definition) is 2. The number of halogens is 4. The van der Waals surface area contributed by atoms with Crippen LogP contribution in [0.25, 0.3) is 0 Å². The quantitative estimate of drug-likeness (QED) is 0.623. The molecule has 1 heterocycles. The van der Waals surface area contributed by atoms with E-state index in [-0.39, 0.29) is 30.1 Å². The third-order valence-corrected chi connectivity index (χ3v) is 3.39. The summed E-state index contributed by atoms with van der Waals surface area (Å²) in [7, 11) is 0. The fraction of sp³-hybridized carbons (Fsp3) is 0.429. The highest BCUT2D eigenvalue weighted by molar-refractivity contribution is 5.94. The van der Waals surface area contributed by atoms with Crippen molar-refractivity contribution in [1.82, 2.24) is 4.90 Å². The molecule has 6 nitrogen and oxygen atoms in total. The third-order valence-electron chi connectivity index (χ3n) is 3.39. The molecule has 4 N–H and O–H groups in total. The predicted octanol–water partition coefficient (Wildman–Crippen LogP) is 2.75. The van der Waals surface area contributed by atoms with Crippen LogP contribution in [0.1, 0.15) is 19.8 Å². The highest BCUT2D eigenvalue weighted by atomic mass is 35.5. The van der Waals surface area contributed by atoms with Crippen molar-refractivity contribution < 1.29 is 17.9 Å². The van der Waals surface area contributed by atoms with Crippen LogP contribution < -0.4 is 16.2 Å². The van der Waals surface area contributed by atoms with E-state index in [2.05, 4.69) is 14.7 Å². The molecular weight excluding hydrogens is 347 g/mol. The number of alkyl halides is 3. The van der Waals surface area contributed by atoms with Crippen molar-refractivity contribution in [1.29, 1.82) is 0 Å². The molecule has 0 radical (unpaired) electrons. The van der Waals surface area contributed by atoms with Crippen LogP contribution in [0.3, 0.4) is 0 Å². The molecule has 0 aromatic heterocycles. The Morgan fingerprint density at radius 1 is 1.25 bits per heavy atom. The van der Waals surface area contributed by atoms with E-state index in [1.807, 2.05) is 11.8 Å². The average molecular weight is 366 g/mol. The highest BCUT2D eigenvalue weighted by Crippen LogP contribution is 2.24. The highest BCUT2D eigenvalue weighted by Gasteiger charge is 2.30. The molecular formula is C14H19ClF3N5O. The second kappa shape index (κ2) is 8.09. The molecule has 1 fully saturated rings. The standard InChI is InChI=1S/C14H18F3N5O.ClH/c1-9-3-2-8-22(9)13(19)21-12(18)20-10-4-6-11(7-5-10)23-14(15,16)17;/h4-7,9H,2-3,8H2,1H3,(H4,18,19,20,21);1H/t9-;/m0./s1. The Hall–Kier alpha value is -2.16. The van der Waals surface area contributed by atoms with Crippen molar-refractivity contribution in [2.75, 3.05) is 6.54 Å². The number of nitrogens with two attached hydrogens (primary N) is 2. The Balaban J connectivity index is 0.00000288. The van der Waals surface area contributed by atoms with Crippen molar-refractivity contribution in [3.8, 4) is 5.75 Å². The first-order valence-corrected chi connectivity index (χ1v) is 7.05. The minimum absolute atomic E-state index is 0. The zero-order valence-electron chi connectivity index (χ0n) is 13.0. The van der Waals surface area contributed by atoms with Crippen LogP contribution in [0.2, 0.25) is 0 Å². The SMILES string of the molecule is C[C@H]1CCCN1C(N)=NC(N)=Nc1ccc(OC(F)(F)F)cc1.Cl. The Morgan fingerprint density at radius 3 is 2.38 bits per heavy atom. The number of rotatable bonds is 2. The van der Waals surface area contributed by atoms with Crippen LogP contribution in [-0.4, -0.2) is 35.8 Å². The summed E-state index contributed by atoms with van der Waals surface area (Å²) in [6, 6.07) is 5.28. The van der Waals surface area contributed by atoms with E-state index < -0.39 is 6.36 Å². The Bertz CT molecular complexity index is 603. The van der Waals surface area contributed by atoms with Crippen LogP contribution in [0, 0.1) is 0 Å². The van der Waals surface area contributed by atoms with Gasteiger partial charge < -0.3 is 21.1 Å². The molecule has 1 aliphatic heterocycles. The Kier molecular flexibility index (Phi) is 6.70.